The summed E-state index contributed by atoms with van der Waals surface area (Å²) >= 11 is 1.76. The SMILES string of the molecule is COc1ccc2c(c1)C(C(=Cc1ccc(S(N)(=O)=O)cc1)CSC)=C(C)C2. The van der Waals surface area contributed by atoms with Gasteiger partial charge in [0.1, 0.15) is 5.75 Å². The molecule has 0 unspecified atom stereocenters. The molecule has 2 aromatic carbocycles. The highest BCUT2D eigenvalue weighted by Gasteiger charge is 2.22. The van der Waals surface area contributed by atoms with Crippen LogP contribution < -0.4 is 9.88 Å². The van der Waals surface area contributed by atoms with E-state index in [4.69, 9.17) is 9.88 Å². The number of methoxy groups -OCH3 is 1. The van der Waals surface area contributed by atoms with E-state index in [1.807, 2.05) is 6.07 Å². The van der Waals surface area contributed by atoms with Crippen molar-refractivity contribution >= 4 is 33.4 Å². The van der Waals surface area contributed by atoms with Crippen LogP contribution in [0, 0.1) is 0 Å². The molecule has 1 aliphatic carbocycles. The van der Waals surface area contributed by atoms with Crippen LogP contribution in [0.1, 0.15) is 23.6 Å². The average Bonchev–Trinajstić information content (AvgIpc) is 2.95. The van der Waals surface area contributed by atoms with Gasteiger partial charge in [-0.15, -0.1) is 0 Å². The lowest BCUT2D eigenvalue weighted by molar-refractivity contribution is 0.414. The van der Waals surface area contributed by atoms with Crippen LogP contribution in [0.5, 0.6) is 5.75 Å². The first kappa shape index (κ1) is 19.7. The topological polar surface area (TPSA) is 69.4 Å². The summed E-state index contributed by atoms with van der Waals surface area (Å²) in [4.78, 5) is 0.123. The van der Waals surface area contributed by atoms with Crippen LogP contribution in [0.25, 0.3) is 11.6 Å². The first-order valence-electron chi connectivity index (χ1n) is 8.53. The minimum Gasteiger partial charge on any atom is -0.497 e. The van der Waals surface area contributed by atoms with Gasteiger partial charge in [0, 0.05) is 5.75 Å². The number of benzene rings is 2. The molecule has 0 fully saturated rings. The van der Waals surface area contributed by atoms with E-state index < -0.39 is 10.0 Å². The minimum absolute atomic E-state index is 0.123. The molecule has 0 bridgehead atoms. The minimum atomic E-state index is -3.68. The molecule has 0 aliphatic heterocycles. The lowest BCUT2D eigenvalue weighted by Gasteiger charge is -2.13. The summed E-state index contributed by atoms with van der Waals surface area (Å²) in [6, 6.07) is 12.9. The third-order valence-corrected chi connectivity index (χ3v) is 6.17. The Labute approximate surface area is 165 Å². The summed E-state index contributed by atoms with van der Waals surface area (Å²) in [5.74, 6) is 1.71. The molecular weight excluding hydrogens is 378 g/mol. The number of primary sulfonamides is 1. The Hall–Kier alpha value is -2.02. The number of thioether (sulfide) groups is 1. The van der Waals surface area contributed by atoms with Crippen LogP contribution in [-0.2, 0) is 16.4 Å². The van der Waals surface area contributed by atoms with E-state index in [-0.39, 0.29) is 4.90 Å². The van der Waals surface area contributed by atoms with Crippen molar-refractivity contribution in [3.8, 4) is 5.75 Å². The van der Waals surface area contributed by atoms with Gasteiger partial charge in [-0.25, -0.2) is 13.6 Å². The second kappa shape index (κ2) is 7.92. The quantitative estimate of drug-likeness (QED) is 0.790. The van der Waals surface area contributed by atoms with Crippen LogP contribution >= 0.6 is 11.8 Å². The van der Waals surface area contributed by atoms with Gasteiger partial charge in [0.05, 0.1) is 12.0 Å². The van der Waals surface area contributed by atoms with Gasteiger partial charge in [0.2, 0.25) is 10.0 Å². The fourth-order valence-corrected chi connectivity index (χ4v) is 4.47. The second-order valence-corrected chi connectivity index (χ2v) is 9.00. The van der Waals surface area contributed by atoms with Gasteiger partial charge in [0.25, 0.3) is 0 Å². The summed E-state index contributed by atoms with van der Waals surface area (Å²) < 4.78 is 28.3. The van der Waals surface area contributed by atoms with Gasteiger partial charge >= 0.3 is 0 Å². The second-order valence-electron chi connectivity index (χ2n) is 6.57. The lowest BCUT2D eigenvalue weighted by Crippen LogP contribution is -2.11. The summed E-state index contributed by atoms with van der Waals surface area (Å²) in [5.41, 5.74) is 7.28. The largest absolute Gasteiger partial charge is 0.497 e. The molecule has 2 aromatic rings. The van der Waals surface area contributed by atoms with Crippen molar-refractivity contribution < 1.29 is 13.2 Å². The fourth-order valence-electron chi connectivity index (χ4n) is 3.42. The highest BCUT2D eigenvalue weighted by molar-refractivity contribution is 7.98. The van der Waals surface area contributed by atoms with Crippen LogP contribution in [-0.4, -0.2) is 27.5 Å². The van der Waals surface area contributed by atoms with Gasteiger partial charge in [-0.2, -0.15) is 11.8 Å². The zero-order valence-electron chi connectivity index (χ0n) is 15.7. The lowest BCUT2D eigenvalue weighted by atomic mass is 9.96. The Morgan fingerprint density at radius 2 is 1.93 bits per heavy atom. The van der Waals surface area contributed by atoms with Crippen LogP contribution in [0.2, 0.25) is 0 Å². The number of rotatable bonds is 6. The summed E-state index contributed by atoms with van der Waals surface area (Å²) in [6.07, 6.45) is 5.14. The van der Waals surface area contributed by atoms with Crippen molar-refractivity contribution in [2.75, 3.05) is 19.1 Å². The van der Waals surface area contributed by atoms with Crippen molar-refractivity contribution in [1.29, 1.82) is 0 Å². The third-order valence-electron chi connectivity index (χ3n) is 4.64. The van der Waals surface area contributed by atoms with Crippen LogP contribution in [0.4, 0.5) is 0 Å². The maximum Gasteiger partial charge on any atom is 0.238 e. The van der Waals surface area contributed by atoms with E-state index >= 15 is 0 Å². The zero-order chi connectivity index (χ0) is 19.6. The average molecular weight is 402 g/mol. The molecule has 1 aliphatic rings. The van der Waals surface area contributed by atoms with Crippen molar-refractivity contribution in [2.24, 2.45) is 5.14 Å². The number of hydrogen-bond donors (Lipinski definition) is 1. The van der Waals surface area contributed by atoms with E-state index in [0.29, 0.717) is 0 Å². The third kappa shape index (κ3) is 4.29. The predicted molar refractivity (Wildman–Crippen MR) is 113 cm³/mol. The number of sulfonamides is 1. The standard InChI is InChI=1S/C21H23NO3S2/c1-14-10-16-6-7-18(25-2)12-20(16)21(14)17(13-26-3)11-15-4-8-19(9-5-15)27(22,23)24/h4-9,11-12H,10,13H2,1-3H3,(H2,22,23,24). The Morgan fingerprint density at radius 3 is 2.52 bits per heavy atom. The molecule has 4 nitrogen and oxygen atoms in total. The fraction of sp³-hybridized carbons (Fsp3) is 0.238. The molecule has 0 atom stereocenters. The summed E-state index contributed by atoms with van der Waals surface area (Å²) in [7, 11) is -2.00. The molecular formula is C21H23NO3S2. The summed E-state index contributed by atoms with van der Waals surface area (Å²) in [5, 5.41) is 5.19. The molecule has 0 heterocycles. The van der Waals surface area contributed by atoms with Gasteiger partial charge in [-0.3, -0.25) is 0 Å². The molecule has 0 amide bonds. The number of hydrogen-bond acceptors (Lipinski definition) is 4. The van der Waals surface area contributed by atoms with Crippen molar-refractivity contribution in [3.63, 3.8) is 0 Å². The summed E-state index contributed by atoms with van der Waals surface area (Å²) in [6.45, 7) is 2.17. The molecule has 0 aromatic heterocycles. The molecule has 27 heavy (non-hydrogen) atoms. The first-order valence-corrected chi connectivity index (χ1v) is 11.5. The van der Waals surface area contributed by atoms with Crippen molar-refractivity contribution in [1.82, 2.24) is 0 Å². The van der Waals surface area contributed by atoms with Crippen LogP contribution in [0.15, 0.2) is 58.5 Å². The Balaban J connectivity index is 2.04. The highest BCUT2D eigenvalue weighted by atomic mass is 32.2. The normalized spacial score (nSPS) is 14.4. The zero-order valence-corrected chi connectivity index (χ0v) is 17.3. The molecule has 3 rings (SSSR count). The number of fused-ring (bicyclic) bond motifs is 1. The smallest absolute Gasteiger partial charge is 0.238 e. The van der Waals surface area contributed by atoms with E-state index in [1.165, 1.54) is 27.8 Å². The molecule has 142 valence electrons. The van der Waals surface area contributed by atoms with Crippen molar-refractivity contribution in [2.45, 2.75) is 18.2 Å². The number of nitrogens with two attached hydrogens (primary N) is 1. The van der Waals surface area contributed by atoms with Gasteiger partial charge in [-0.1, -0.05) is 29.8 Å². The molecule has 6 heteroatoms. The maximum atomic E-state index is 11.5. The predicted octanol–water partition coefficient (Wildman–Crippen LogP) is 4.12. The molecule has 0 saturated heterocycles. The number of ether oxygens (including phenoxy) is 1. The van der Waals surface area contributed by atoms with Gasteiger partial charge < -0.3 is 4.74 Å². The van der Waals surface area contributed by atoms with E-state index in [9.17, 15) is 8.42 Å². The van der Waals surface area contributed by atoms with Gasteiger partial charge in [0.15, 0.2) is 0 Å². The van der Waals surface area contributed by atoms with Crippen LogP contribution in [0.3, 0.4) is 0 Å². The van der Waals surface area contributed by atoms with E-state index in [0.717, 1.165) is 23.5 Å². The van der Waals surface area contributed by atoms with E-state index in [2.05, 4.69) is 31.4 Å². The van der Waals surface area contributed by atoms with E-state index in [1.54, 1.807) is 43.1 Å². The Kier molecular flexibility index (Phi) is 5.79. The Bertz CT molecular complexity index is 1020. The molecule has 2 N–H and O–H groups in total. The monoisotopic (exact) mass is 401 g/mol. The molecule has 0 spiro atoms. The number of allylic oxidation sites excluding steroid dienone is 2. The Morgan fingerprint density at radius 1 is 1.22 bits per heavy atom. The van der Waals surface area contributed by atoms with Crippen molar-refractivity contribution in [3.05, 3.63) is 70.3 Å². The highest BCUT2D eigenvalue weighted by Crippen LogP contribution is 2.40. The maximum absolute atomic E-state index is 11.5. The first-order chi connectivity index (χ1) is 12.8. The molecule has 0 radical (unpaired) electrons. The van der Waals surface area contributed by atoms with Gasteiger partial charge in [-0.05, 0) is 71.7 Å². The molecule has 0 saturated carbocycles.